The van der Waals surface area contributed by atoms with Gasteiger partial charge in [0.1, 0.15) is 12.7 Å². The molecular weight excluding hydrogens is 328 g/mol. The summed E-state index contributed by atoms with van der Waals surface area (Å²) in [5.74, 6) is 3.17. The van der Waals surface area contributed by atoms with Gasteiger partial charge in [-0.1, -0.05) is 19.1 Å². The Morgan fingerprint density at radius 3 is 2.88 bits per heavy atom. The van der Waals surface area contributed by atoms with Crippen LogP contribution in [0.5, 0.6) is 11.5 Å². The first-order chi connectivity index (χ1) is 12.8. The Bertz CT molecular complexity index is 593. The standard InChI is InChI=1S/C20H32N4O2/c1-3-10-24-11-9-16(14-24)12-22-20(21-4-2)23-13-17-15-25-18-7-5-6-8-19(18)26-17/h5-8,16-17H,3-4,9-15H2,1-2H3,(H2,21,22,23). The summed E-state index contributed by atoms with van der Waals surface area (Å²) in [5.41, 5.74) is 0. The lowest BCUT2D eigenvalue weighted by molar-refractivity contribution is 0.0936. The van der Waals surface area contributed by atoms with E-state index in [1.807, 2.05) is 24.3 Å². The second-order valence-corrected chi connectivity index (χ2v) is 7.05. The first kappa shape index (κ1) is 18.8. The normalized spacial score (nSPS) is 23.1. The molecule has 1 aromatic carbocycles. The molecule has 2 unspecified atom stereocenters. The van der Waals surface area contributed by atoms with Gasteiger partial charge < -0.3 is 25.0 Å². The van der Waals surface area contributed by atoms with E-state index in [-0.39, 0.29) is 6.10 Å². The number of benzene rings is 1. The minimum atomic E-state index is -0.0136. The highest BCUT2D eigenvalue weighted by Crippen LogP contribution is 2.30. The Labute approximate surface area is 157 Å². The van der Waals surface area contributed by atoms with Crippen LogP contribution in [0.4, 0.5) is 0 Å². The van der Waals surface area contributed by atoms with Crippen molar-refractivity contribution in [3.8, 4) is 11.5 Å². The molecule has 0 aliphatic carbocycles. The van der Waals surface area contributed by atoms with Crippen molar-refractivity contribution in [1.82, 2.24) is 15.5 Å². The van der Waals surface area contributed by atoms with Gasteiger partial charge in [-0.3, -0.25) is 4.99 Å². The van der Waals surface area contributed by atoms with Gasteiger partial charge in [-0.25, -0.2) is 0 Å². The number of ether oxygens (including phenoxy) is 2. The zero-order chi connectivity index (χ0) is 18.2. The van der Waals surface area contributed by atoms with Crippen molar-refractivity contribution in [2.24, 2.45) is 10.9 Å². The van der Waals surface area contributed by atoms with Crippen molar-refractivity contribution in [3.05, 3.63) is 24.3 Å². The number of nitrogens with one attached hydrogen (secondary N) is 2. The Morgan fingerprint density at radius 1 is 1.23 bits per heavy atom. The molecular formula is C20H32N4O2. The lowest BCUT2D eigenvalue weighted by Crippen LogP contribution is -2.45. The average Bonchev–Trinajstić information content (AvgIpc) is 3.11. The highest BCUT2D eigenvalue weighted by atomic mass is 16.6. The fourth-order valence-electron chi connectivity index (χ4n) is 3.52. The van der Waals surface area contributed by atoms with Crippen molar-refractivity contribution in [2.45, 2.75) is 32.8 Å². The summed E-state index contributed by atoms with van der Waals surface area (Å²) < 4.78 is 11.8. The Morgan fingerprint density at radius 2 is 2.08 bits per heavy atom. The summed E-state index contributed by atoms with van der Waals surface area (Å²) in [5, 5.41) is 6.73. The Kier molecular flexibility index (Phi) is 7.00. The molecule has 1 saturated heterocycles. The van der Waals surface area contributed by atoms with Crippen molar-refractivity contribution in [1.29, 1.82) is 0 Å². The molecule has 26 heavy (non-hydrogen) atoms. The highest BCUT2D eigenvalue weighted by Gasteiger charge is 2.22. The molecule has 3 rings (SSSR count). The summed E-state index contributed by atoms with van der Waals surface area (Å²) >= 11 is 0. The van der Waals surface area contributed by atoms with Crippen LogP contribution in [-0.2, 0) is 0 Å². The predicted molar refractivity (Wildman–Crippen MR) is 105 cm³/mol. The zero-order valence-electron chi connectivity index (χ0n) is 16.0. The van der Waals surface area contributed by atoms with E-state index in [2.05, 4.69) is 29.4 Å². The van der Waals surface area contributed by atoms with Gasteiger partial charge in [0.2, 0.25) is 0 Å². The lowest BCUT2D eigenvalue weighted by Gasteiger charge is -2.27. The van der Waals surface area contributed by atoms with Gasteiger partial charge in [0.15, 0.2) is 17.5 Å². The average molecular weight is 361 g/mol. The molecule has 1 aromatic rings. The van der Waals surface area contributed by atoms with E-state index in [9.17, 15) is 0 Å². The number of likely N-dealkylation sites (tertiary alicyclic amines) is 1. The summed E-state index contributed by atoms with van der Waals surface area (Å²) in [6.07, 6.45) is 2.46. The van der Waals surface area contributed by atoms with Crippen LogP contribution in [0.15, 0.2) is 29.3 Å². The maximum atomic E-state index is 6.00. The van der Waals surface area contributed by atoms with E-state index in [1.165, 1.54) is 32.5 Å². The van der Waals surface area contributed by atoms with Gasteiger partial charge in [-0.05, 0) is 50.9 Å². The van der Waals surface area contributed by atoms with E-state index in [1.54, 1.807) is 0 Å². The van der Waals surface area contributed by atoms with E-state index in [0.29, 0.717) is 19.1 Å². The molecule has 2 aliphatic rings. The molecule has 0 spiro atoms. The number of guanidine groups is 1. The van der Waals surface area contributed by atoms with E-state index in [4.69, 9.17) is 14.5 Å². The Hall–Kier alpha value is -1.95. The maximum absolute atomic E-state index is 6.00. The fourth-order valence-corrected chi connectivity index (χ4v) is 3.52. The fraction of sp³-hybridized carbons (Fsp3) is 0.650. The minimum absolute atomic E-state index is 0.0136. The van der Waals surface area contributed by atoms with Crippen molar-refractivity contribution < 1.29 is 9.47 Å². The molecule has 2 atom stereocenters. The molecule has 6 heteroatoms. The third-order valence-electron chi connectivity index (χ3n) is 4.83. The summed E-state index contributed by atoms with van der Waals surface area (Å²) in [7, 11) is 0. The molecule has 0 aromatic heterocycles. The second-order valence-electron chi connectivity index (χ2n) is 7.05. The quantitative estimate of drug-likeness (QED) is 0.576. The molecule has 0 amide bonds. The molecule has 1 fully saturated rings. The van der Waals surface area contributed by atoms with Gasteiger partial charge in [0.05, 0.1) is 6.54 Å². The van der Waals surface area contributed by atoms with Gasteiger partial charge in [-0.2, -0.15) is 0 Å². The number of fused-ring (bicyclic) bond motifs is 1. The number of nitrogens with zero attached hydrogens (tertiary/aromatic N) is 2. The van der Waals surface area contributed by atoms with Gasteiger partial charge in [0, 0.05) is 19.6 Å². The van der Waals surface area contributed by atoms with E-state index < -0.39 is 0 Å². The first-order valence-electron chi connectivity index (χ1n) is 9.91. The van der Waals surface area contributed by atoms with Crippen LogP contribution in [0, 0.1) is 5.92 Å². The summed E-state index contributed by atoms with van der Waals surface area (Å²) in [4.78, 5) is 7.34. The highest BCUT2D eigenvalue weighted by molar-refractivity contribution is 5.79. The predicted octanol–water partition coefficient (Wildman–Crippen LogP) is 2.11. The van der Waals surface area contributed by atoms with Crippen LogP contribution in [0.1, 0.15) is 26.7 Å². The molecule has 0 bridgehead atoms. The number of para-hydroxylation sites is 2. The molecule has 0 saturated carbocycles. The summed E-state index contributed by atoms with van der Waals surface area (Å²) in [6, 6.07) is 7.81. The SMILES string of the molecule is CCCN1CCC(CN=C(NCC)NCC2COc3ccccc3O2)C1. The molecule has 144 valence electrons. The number of hydrogen-bond acceptors (Lipinski definition) is 4. The third-order valence-corrected chi connectivity index (χ3v) is 4.83. The topological polar surface area (TPSA) is 58.1 Å². The number of hydrogen-bond donors (Lipinski definition) is 2. The number of aliphatic imine (C=N–C) groups is 1. The molecule has 0 radical (unpaired) electrons. The van der Waals surface area contributed by atoms with Crippen LogP contribution in [0.2, 0.25) is 0 Å². The maximum Gasteiger partial charge on any atom is 0.191 e. The lowest BCUT2D eigenvalue weighted by atomic mass is 10.1. The van der Waals surface area contributed by atoms with Crippen molar-refractivity contribution in [2.75, 3.05) is 45.9 Å². The van der Waals surface area contributed by atoms with Gasteiger partial charge in [-0.15, -0.1) is 0 Å². The van der Waals surface area contributed by atoms with Crippen LogP contribution in [-0.4, -0.2) is 62.8 Å². The van der Waals surface area contributed by atoms with Crippen molar-refractivity contribution in [3.63, 3.8) is 0 Å². The largest absolute Gasteiger partial charge is 0.486 e. The molecule has 2 N–H and O–H groups in total. The first-order valence-corrected chi connectivity index (χ1v) is 9.91. The Balaban J connectivity index is 1.46. The zero-order valence-corrected chi connectivity index (χ0v) is 16.0. The smallest absolute Gasteiger partial charge is 0.191 e. The monoisotopic (exact) mass is 360 g/mol. The molecule has 2 aliphatic heterocycles. The minimum Gasteiger partial charge on any atom is -0.486 e. The van der Waals surface area contributed by atoms with Gasteiger partial charge >= 0.3 is 0 Å². The number of rotatable bonds is 7. The van der Waals surface area contributed by atoms with Crippen LogP contribution >= 0.6 is 0 Å². The molecule has 6 nitrogen and oxygen atoms in total. The van der Waals surface area contributed by atoms with Crippen molar-refractivity contribution >= 4 is 5.96 Å². The third kappa shape index (κ3) is 5.27. The second kappa shape index (κ2) is 9.67. The van der Waals surface area contributed by atoms with Crippen LogP contribution in [0.25, 0.3) is 0 Å². The van der Waals surface area contributed by atoms with E-state index in [0.717, 1.165) is 30.5 Å². The van der Waals surface area contributed by atoms with E-state index >= 15 is 0 Å². The van der Waals surface area contributed by atoms with Gasteiger partial charge in [0.25, 0.3) is 0 Å². The van der Waals surface area contributed by atoms with Crippen LogP contribution in [0.3, 0.4) is 0 Å². The summed E-state index contributed by atoms with van der Waals surface area (Å²) in [6.45, 7) is 10.9. The molecule has 2 heterocycles. The van der Waals surface area contributed by atoms with Crippen LogP contribution < -0.4 is 20.1 Å².